The third-order valence-electron chi connectivity index (χ3n) is 3.04. The van der Waals surface area contributed by atoms with E-state index in [9.17, 15) is 8.42 Å². The van der Waals surface area contributed by atoms with Crippen LogP contribution in [0, 0.1) is 13.8 Å². The summed E-state index contributed by atoms with van der Waals surface area (Å²) in [5.41, 5.74) is 6.87. The summed E-state index contributed by atoms with van der Waals surface area (Å²) in [7, 11) is -2.00. The second kappa shape index (κ2) is 6.36. The van der Waals surface area contributed by atoms with E-state index >= 15 is 0 Å². The van der Waals surface area contributed by atoms with Gasteiger partial charge in [-0.05, 0) is 43.5 Å². The molecule has 0 radical (unpaired) electrons. The maximum Gasteiger partial charge on any atom is 0.241 e. The standard InChI is InChI=1S/C13H22N2O3S/c1-5-11(8-14)15-19(16,17)13-9(2)6-12(18-4)7-10(13)3/h6-7,11,15H,5,8,14H2,1-4H3. The van der Waals surface area contributed by atoms with Crippen LogP contribution in [-0.4, -0.2) is 28.1 Å². The average molecular weight is 286 g/mol. The van der Waals surface area contributed by atoms with E-state index in [0.717, 1.165) is 0 Å². The summed E-state index contributed by atoms with van der Waals surface area (Å²) in [6, 6.07) is 3.18. The number of aryl methyl sites for hydroxylation is 2. The molecule has 1 unspecified atom stereocenters. The molecule has 0 spiro atoms. The van der Waals surface area contributed by atoms with Crippen LogP contribution >= 0.6 is 0 Å². The van der Waals surface area contributed by atoms with E-state index in [1.807, 2.05) is 6.92 Å². The van der Waals surface area contributed by atoms with Gasteiger partial charge in [-0.15, -0.1) is 0 Å². The van der Waals surface area contributed by atoms with Gasteiger partial charge in [0.15, 0.2) is 0 Å². The van der Waals surface area contributed by atoms with E-state index in [4.69, 9.17) is 10.5 Å². The molecule has 0 saturated heterocycles. The third-order valence-corrected chi connectivity index (χ3v) is 4.86. The molecule has 0 aliphatic rings. The number of hydrogen-bond donors (Lipinski definition) is 2. The molecular weight excluding hydrogens is 264 g/mol. The minimum Gasteiger partial charge on any atom is -0.497 e. The maximum absolute atomic E-state index is 12.4. The van der Waals surface area contributed by atoms with Crippen molar-refractivity contribution in [1.82, 2.24) is 4.72 Å². The number of nitrogens with two attached hydrogens (primary N) is 1. The molecule has 0 aromatic heterocycles. The number of sulfonamides is 1. The molecule has 6 heteroatoms. The van der Waals surface area contributed by atoms with E-state index in [-0.39, 0.29) is 12.6 Å². The number of benzene rings is 1. The van der Waals surface area contributed by atoms with Gasteiger partial charge in [-0.2, -0.15) is 0 Å². The summed E-state index contributed by atoms with van der Waals surface area (Å²) >= 11 is 0. The fourth-order valence-corrected chi connectivity index (χ4v) is 3.81. The smallest absolute Gasteiger partial charge is 0.241 e. The molecule has 19 heavy (non-hydrogen) atoms. The predicted molar refractivity (Wildman–Crippen MR) is 75.9 cm³/mol. The zero-order chi connectivity index (χ0) is 14.6. The van der Waals surface area contributed by atoms with Gasteiger partial charge in [0.05, 0.1) is 12.0 Å². The largest absolute Gasteiger partial charge is 0.497 e. The van der Waals surface area contributed by atoms with Gasteiger partial charge in [0.2, 0.25) is 10.0 Å². The minimum atomic E-state index is -3.56. The number of rotatable bonds is 6. The fourth-order valence-electron chi connectivity index (χ4n) is 2.03. The van der Waals surface area contributed by atoms with Crippen LogP contribution in [0.1, 0.15) is 24.5 Å². The molecule has 5 nitrogen and oxygen atoms in total. The van der Waals surface area contributed by atoms with Gasteiger partial charge in [0.1, 0.15) is 5.75 Å². The van der Waals surface area contributed by atoms with E-state index < -0.39 is 10.0 Å². The Hall–Kier alpha value is -1.11. The molecule has 1 atom stereocenters. The van der Waals surface area contributed by atoms with Crippen LogP contribution in [0.2, 0.25) is 0 Å². The van der Waals surface area contributed by atoms with Gasteiger partial charge in [-0.25, -0.2) is 13.1 Å². The van der Waals surface area contributed by atoms with Crippen molar-refractivity contribution < 1.29 is 13.2 Å². The first-order valence-electron chi connectivity index (χ1n) is 6.23. The predicted octanol–water partition coefficient (Wildman–Crippen LogP) is 1.33. The summed E-state index contributed by atoms with van der Waals surface area (Å²) in [4.78, 5) is 0.306. The highest BCUT2D eigenvalue weighted by molar-refractivity contribution is 7.89. The Kier molecular flexibility index (Phi) is 5.34. The van der Waals surface area contributed by atoms with Crippen LogP contribution in [0.25, 0.3) is 0 Å². The summed E-state index contributed by atoms with van der Waals surface area (Å²) in [5.74, 6) is 0.653. The minimum absolute atomic E-state index is 0.245. The Morgan fingerprint density at radius 3 is 2.21 bits per heavy atom. The molecule has 0 bridgehead atoms. The van der Waals surface area contributed by atoms with Gasteiger partial charge < -0.3 is 10.5 Å². The van der Waals surface area contributed by atoms with E-state index in [2.05, 4.69) is 4.72 Å². The molecular formula is C13H22N2O3S. The summed E-state index contributed by atoms with van der Waals surface area (Å²) in [6.45, 7) is 5.69. The SMILES string of the molecule is CCC(CN)NS(=O)(=O)c1c(C)cc(OC)cc1C. The Morgan fingerprint density at radius 2 is 1.84 bits per heavy atom. The molecule has 0 amide bonds. The molecule has 1 aromatic rings. The van der Waals surface area contributed by atoms with E-state index in [1.54, 1.807) is 33.1 Å². The van der Waals surface area contributed by atoms with Crippen molar-refractivity contribution in [3.05, 3.63) is 23.3 Å². The monoisotopic (exact) mass is 286 g/mol. The fraction of sp³-hybridized carbons (Fsp3) is 0.538. The van der Waals surface area contributed by atoms with Crippen molar-refractivity contribution in [3.63, 3.8) is 0 Å². The molecule has 3 N–H and O–H groups in total. The van der Waals surface area contributed by atoms with Crippen molar-refractivity contribution in [2.75, 3.05) is 13.7 Å². The molecule has 0 heterocycles. The Morgan fingerprint density at radius 1 is 1.32 bits per heavy atom. The van der Waals surface area contributed by atoms with Crippen LogP contribution in [0.4, 0.5) is 0 Å². The lowest BCUT2D eigenvalue weighted by Crippen LogP contribution is -2.40. The van der Waals surface area contributed by atoms with Crippen LogP contribution in [0.15, 0.2) is 17.0 Å². The van der Waals surface area contributed by atoms with Crippen LogP contribution in [-0.2, 0) is 10.0 Å². The summed E-state index contributed by atoms with van der Waals surface area (Å²) in [6.07, 6.45) is 0.657. The molecule has 0 aliphatic carbocycles. The highest BCUT2D eigenvalue weighted by Gasteiger charge is 2.22. The molecule has 1 rings (SSSR count). The zero-order valence-electron chi connectivity index (χ0n) is 11.9. The lowest BCUT2D eigenvalue weighted by molar-refractivity contribution is 0.413. The van der Waals surface area contributed by atoms with Crippen LogP contribution in [0.5, 0.6) is 5.75 Å². The van der Waals surface area contributed by atoms with Gasteiger partial charge in [-0.1, -0.05) is 6.92 Å². The number of methoxy groups -OCH3 is 1. The molecule has 1 aromatic carbocycles. The second-order valence-electron chi connectivity index (χ2n) is 4.55. The Bertz CT molecular complexity index is 514. The van der Waals surface area contributed by atoms with Crippen molar-refractivity contribution >= 4 is 10.0 Å². The Labute approximate surface area is 115 Å². The van der Waals surface area contributed by atoms with E-state index in [1.165, 1.54) is 0 Å². The quantitative estimate of drug-likeness (QED) is 0.826. The normalized spacial score (nSPS) is 13.3. The first-order chi connectivity index (χ1) is 8.85. The van der Waals surface area contributed by atoms with Gasteiger partial charge >= 0.3 is 0 Å². The van der Waals surface area contributed by atoms with Crippen molar-refractivity contribution in [1.29, 1.82) is 0 Å². The topological polar surface area (TPSA) is 81.4 Å². The molecule has 108 valence electrons. The average Bonchev–Trinajstić information content (AvgIpc) is 2.34. The lowest BCUT2D eigenvalue weighted by atomic mass is 10.1. The highest BCUT2D eigenvalue weighted by atomic mass is 32.2. The van der Waals surface area contributed by atoms with Crippen molar-refractivity contribution in [2.45, 2.75) is 38.1 Å². The van der Waals surface area contributed by atoms with Gasteiger partial charge in [0, 0.05) is 12.6 Å². The number of ether oxygens (including phenoxy) is 1. The molecule has 0 aliphatic heterocycles. The highest BCUT2D eigenvalue weighted by Crippen LogP contribution is 2.25. The third kappa shape index (κ3) is 3.68. The first kappa shape index (κ1) is 15.9. The van der Waals surface area contributed by atoms with Crippen LogP contribution < -0.4 is 15.2 Å². The van der Waals surface area contributed by atoms with E-state index in [0.29, 0.717) is 28.2 Å². The van der Waals surface area contributed by atoms with Crippen LogP contribution in [0.3, 0.4) is 0 Å². The molecule has 0 fully saturated rings. The molecule has 0 saturated carbocycles. The maximum atomic E-state index is 12.4. The zero-order valence-corrected chi connectivity index (χ0v) is 12.7. The van der Waals surface area contributed by atoms with Gasteiger partial charge in [-0.3, -0.25) is 0 Å². The van der Waals surface area contributed by atoms with Crippen molar-refractivity contribution in [3.8, 4) is 5.75 Å². The van der Waals surface area contributed by atoms with Gasteiger partial charge in [0.25, 0.3) is 0 Å². The summed E-state index contributed by atoms with van der Waals surface area (Å²) in [5, 5.41) is 0. The first-order valence-corrected chi connectivity index (χ1v) is 7.71. The Balaban J connectivity index is 3.22. The number of hydrogen-bond acceptors (Lipinski definition) is 4. The van der Waals surface area contributed by atoms with Crippen molar-refractivity contribution in [2.24, 2.45) is 5.73 Å². The second-order valence-corrected chi connectivity index (χ2v) is 6.20. The number of nitrogens with one attached hydrogen (secondary N) is 1. The lowest BCUT2D eigenvalue weighted by Gasteiger charge is -2.18. The summed E-state index contributed by atoms with van der Waals surface area (Å²) < 4.78 is 32.6.